The number of ketones is 3. The van der Waals surface area contributed by atoms with Gasteiger partial charge < -0.3 is 46.7 Å². The van der Waals surface area contributed by atoms with Gasteiger partial charge in [0.05, 0.1) is 36.8 Å². The fourth-order valence-electron chi connectivity index (χ4n) is 6.69. The molecule has 0 bridgehead atoms. The Labute approximate surface area is 333 Å². The molecule has 312 valence electrons. The molecule has 57 heavy (non-hydrogen) atoms. The van der Waals surface area contributed by atoms with Crippen LogP contribution in [0.4, 0.5) is 5.69 Å². The van der Waals surface area contributed by atoms with E-state index in [0.29, 0.717) is 87.7 Å². The summed E-state index contributed by atoms with van der Waals surface area (Å²) in [5, 5.41) is 37.1. The van der Waals surface area contributed by atoms with E-state index in [0.717, 1.165) is 6.42 Å². The third-order valence-corrected chi connectivity index (χ3v) is 10.1. The third-order valence-electron chi connectivity index (χ3n) is 10.1. The molecule has 0 unspecified atom stereocenters. The van der Waals surface area contributed by atoms with Gasteiger partial charge in [-0.2, -0.15) is 0 Å². The summed E-state index contributed by atoms with van der Waals surface area (Å²) < 4.78 is 0. The minimum absolute atomic E-state index is 0.00769. The lowest BCUT2D eigenvalue weighted by Crippen LogP contribution is -2.52. The van der Waals surface area contributed by atoms with Crippen LogP contribution in [-0.4, -0.2) is 115 Å². The molecule has 1 aliphatic heterocycles. The average Bonchev–Trinajstić information content (AvgIpc) is 3.89. The SMILES string of the molecule is C[C@H](N)C(=O)N[C@@H](Cc1cnc[nH]1)C(=O)C[C@@H](CCCCCC(=O)CCCCCC(=O)CNc1ccc(C(=O)N[C@H](C)C(=O)N2CCC[C@H]2B(O)O)cc1)C(=O)O. The smallest absolute Gasteiger partial charge is 0.475 e. The normalized spacial score (nSPS) is 15.9. The second-order valence-corrected chi connectivity index (χ2v) is 14.9. The zero-order valence-electron chi connectivity index (χ0n) is 32.9. The number of carboxylic acids is 1. The van der Waals surface area contributed by atoms with Crippen molar-refractivity contribution >= 4 is 53.8 Å². The molecule has 0 saturated carbocycles. The van der Waals surface area contributed by atoms with Gasteiger partial charge in [-0.15, -0.1) is 0 Å². The Morgan fingerprint density at radius 1 is 0.930 bits per heavy atom. The van der Waals surface area contributed by atoms with Gasteiger partial charge in [0, 0.05) is 61.8 Å². The highest BCUT2D eigenvalue weighted by Gasteiger charge is 2.38. The summed E-state index contributed by atoms with van der Waals surface area (Å²) in [5.41, 5.74) is 7.24. The first-order chi connectivity index (χ1) is 27.2. The molecule has 0 aliphatic carbocycles. The van der Waals surface area contributed by atoms with E-state index in [1.807, 2.05) is 0 Å². The summed E-state index contributed by atoms with van der Waals surface area (Å²) in [5.74, 6) is -4.34. The molecule has 5 atom stereocenters. The highest BCUT2D eigenvalue weighted by Crippen LogP contribution is 2.20. The molecule has 1 aliphatic rings. The van der Waals surface area contributed by atoms with Crippen molar-refractivity contribution in [3.05, 3.63) is 48.0 Å². The highest BCUT2D eigenvalue weighted by molar-refractivity contribution is 6.43. The Balaban J connectivity index is 1.26. The van der Waals surface area contributed by atoms with E-state index in [9.17, 15) is 48.7 Å². The minimum atomic E-state index is -1.63. The largest absolute Gasteiger partial charge is 0.481 e. The van der Waals surface area contributed by atoms with Crippen molar-refractivity contribution in [1.82, 2.24) is 25.5 Å². The van der Waals surface area contributed by atoms with Gasteiger partial charge in [0.2, 0.25) is 11.8 Å². The summed E-state index contributed by atoms with van der Waals surface area (Å²) in [7, 11) is -1.63. The van der Waals surface area contributed by atoms with E-state index >= 15 is 0 Å². The predicted octanol–water partition coefficient (Wildman–Crippen LogP) is 1.72. The number of carbonyl (C=O) groups is 7. The number of aliphatic carboxylic acids is 1. The number of hydrogen-bond donors (Lipinski definition) is 8. The van der Waals surface area contributed by atoms with Crippen molar-refractivity contribution in [1.29, 1.82) is 0 Å². The van der Waals surface area contributed by atoms with Gasteiger partial charge in [-0.3, -0.25) is 33.6 Å². The van der Waals surface area contributed by atoms with E-state index in [1.165, 1.54) is 24.3 Å². The van der Waals surface area contributed by atoms with Crippen molar-refractivity contribution in [3.8, 4) is 0 Å². The summed E-state index contributed by atoms with van der Waals surface area (Å²) in [6.07, 6.45) is 9.21. The standard InChI is InChI=1S/C39H58BN7O10/c1-25(41)36(51)46-33(21-30-22-42-24-44-30)34(50)20-28(39(54)55)10-5-3-6-11-31(48)12-7-4-8-13-32(49)23-43-29-17-15-27(16-18-29)37(52)45-26(2)38(53)47-19-9-14-35(47)40(56)57/h15-18,22,24-26,28,33,35,43,56-57H,3-14,19-21,23,41H2,1-2H3,(H,42,44)(H,45,52)(H,46,51)(H,54,55)/t25-,26+,28+,33-,35-/m0/s1. The van der Waals surface area contributed by atoms with Crippen LogP contribution in [0.25, 0.3) is 0 Å². The summed E-state index contributed by atoms with van der Waals surface area (Å²) >= 11 is 0. The number of aromatic amines is 1. The molecule has 1 fully saturated rings. The molecule has 0 spiro atoms. The molecule has 3 amide bonds. The number of likely N-dealkylation sites (tertiary alicyclic amines) is 1. The molecule has 3 rings (SSSR count). The molecule has 1 aromatic carbocycles. The lowest BCUT2D eigenvalue weighted by atomic mass is 9.78. The fraction of sp³-hybridized carbons (Fsp3) is 0.590. The van der Waals surface area contributed by atoms with Crippen molar-refractivity contribution in [3.63, 3.8) is 0 Å². The van der Waals surface area contributed by atoms with Crippen LogP contribution in [0, 0.1) is 5.92 Å². The molecule has 1 aromatic heterocycles. The van der Waals surface area contributed by atoms with Gasteiger partial charge in [-0.05, 0) is 76.6 Å². The molecule has 0 radical (unpaired) electrons. The Bertz CT molecular complexity index is 1640. The van der Waals surface area contributed by atoms with E-state index in [2.05, 4.69) is 25.9 Å². The van der Waals surface area contributed by atoms with E-state index in [-0.39, 0.29) is 43.3 Å². The Morgan fingerprint density at radius 2 is 1.58 bits per heavy atom. The van der Waals surface area contributed by atoms with Crippen molar-refractivity contribution in [2.24, 2.45) is 11.7 Å². The molecule has 18 heteroatoms. The Hall–Kier alpha value is -4.94. The molecule has 2 heterocycles. The second kappa shape index (κ2) is 24.0. The number of nitrogens with zero attached hydrogens (tertiary/aromatic N) is 2. The lowest BCUT2D eigenvalue weighted by Gasteiger charge is -2.27. The fourth-order valence-corrected chi connectivity index (χ4v) is 6.69. The third kappa shape index (κ3) is 16.2. The average molecular weight is 796 g/mol. The van der Waals surface area contributed by atoms with Crippen molar-refractivity contribution < 1.29 is 48.7 Å². The number of H-pyrrole nitrogens is 1. The monoisotopic (exact) mass is 795 g/mol. The molecule has 17 nitrogen and oxygen atoms in total. The zero-order valence-corrected chi connectivity index (χ0v) is 32.9. The number of nitrogens with one attached hydrogen (secondary N) is 4. The first-order valence-corrected chi connectivity index (χ1v) is 19.8. The van der Waals surface area contributed by atoms with E-state index in [4.69, 9.17) is 5.73 Å². The summed E-state index contributed by atoms with van der Waals surface area (Å²) in [6, 6.07) is 3.86. The number of aromatic nitrogens is 2. The number of Topliss-reactive ketones (excluding diaryl/α,β-unsaturated/α-hetero) is 3. The van der Waals surface area contributed by atoms with Gasteiger partial charge in [-0.1, -0.05) is 19.3 Å². The van der Waals surface area contributed by atoms with Crippen molar-refractivity contribution in [2.45, 2.75) is 128 Å². The zero-order chi connectivity index (χ0) is 41.9. The first kappa shape index (κ1) is 46.4. The molecular weight excluding hydrogens is 737 g/mol. The summed E-state index contributed by atoms with van der Waals surface area (Å²) in [6.45, 7) is 3.55. The number of unbranched alkanes of at least 4 members (excludes halogenated alkanes) is 4. The summed E-state index contributed by atoms with van der Waals surface area (Å²) in [4.78, 5) is 95.7. The van der Waals surface area contributed by atoms with Gasteiger partial charge in [0.25, 0.3) is 5.91 Å². The topological polar surface area (TPSA) is 274 Å². The lowest BCUT2D eigenvalue weighted by molar-refractivity contribution is -0.144. The molecule has 2 aromatic rings. The van der Waals surface area contributed by atoms with Crippen LogP contribution in [0.15, 0.2) is 36.8 Å². The van der Waals surface area contributed by atoms with Crippen LogP contribution >= 0.6 is 0 Å². The molecule has 9 N–H and O–H groups in total. The number of carboxylic acid groups (broad SMARTS) is 1. The number of rotatable bonds is 27. The maximum absolute atomic E-state index is 13.1. The Morgan fingerprint density at radius 3 is 2.18 bits per heavy atom. The van der Waals surface area contributed by atoms with Crippen molar-refractivity contribution in [2.75, 3.05) is 18.4 Å². The van der Waals surface area contributed by atoms with Crippen LogP contribution in [0.3, 0.4) is 0 Å². The number of imidazole rings is 1. The molecule has 1 saturated heterocycles. The van der Waals surface area contributed by atoms with Gasteiger partial charge in [-0.25, -0.2) is 4.98 Å². The highest BCUT2D eigenvalue weighted by atomic mass is 16.4. The number of benzene rings is 1. The van der Waals surface area contributed by atoms with Crippen LogP contribution in [0.5, 0.6) is 0 Å². The van der Waals surface area contributed by atoms with Crippen LogP contribution in [0.1, 0.15) is 113 Å². The quantitative estimate of drug-likeness (QED) is 0.0473. The van der Waals surface area contributed by atoms with E-state index < -0.39 is 60.7 Å². The Kier molecular flexibility index (Phi) is 19.5. The van der Waals surface area contributed by atoms with Crippen LogP contribution < -0.4 is 21.7 Å². The molecular formula is C39H58BN7O10. The number of nitrogens with two attached hydrogens (primary N) is 1. The van der Waals surface area contributed by atoms with Gasteiger partial charge in [0.15, 0.2) is 11.6 Å². The number of anilines is 1. The van der Waals surface area contributed by atoms with Gasteiger partial charge in [0.1, 0.15) is 11.8 Å². The van der Waals surface area contributed by atoms with E-state index in [1.54, 1.807) is 31.2 Å². The van der Waals surface area contributed by atoms with Crippen LogP contribution in [0.2, 0.25) is 0 Å². The van der Waals surface area contributed by atoms with Crippen LogP contribution in [-0.2, 0) is 35.2 Å². The maximum Gasteiger partial charge on any atom is 0.475 e. The second-order valence-electron chi connectivity index (χ2n) is 14.9. The number of amides is 3. The number of carbonyl (C=O) groups excluding carboxylic acids is 6. The minimum Gasteiger partial charge on any atom is -0.481 e. The first-order valence-electron chi connectivity index (χ1n) is 19.8. The maximum atomic E-state index is 13.1. The van der Waals surface area contributed by atoms with Gasteiger partial charge >= 0.3 is 13.1 Å². The predicted molar refractivity (Wildman–Crippen MR) is 212 cm³/mol. The number of hydrogen-bond acceptors (Lipinski definition) is 12.